The predicted molar refractivity (Wildman–Crippen MR) is 81.3 cm³/mol. The van der Waals surface area contributed by atoms with E-state index in [2.05, 4.69) is 5.48 Å². The van der Waals surface area contributed by atoms with Crippen molar-refractivity contribution in [1.29, 1.82) is 0 Å². The Balaban J connectivity index is 1.65. The minimum Gasteiger partial charge on any atom is -0.272 e. The standard InChI is InChI=1S/C18H18FNO2/c19-16-9-4-8-15(12-16)18(10-5-11-18)17(21)20-22-13-14-6-2-1-3-7-14/h1-4,6-9,12H,5,10-11,13H2,(H,20,21). The second-order valence-corrected chi connectivity index (χ2v) is 5.65. The molecule has 22 heavy (non-hydrogen) atoms. The Morgan fingerprint density at radius 1 is 1.14 bits per heavy atom. The van der Waals surface area contributed by atoms with Gasteiger partial charge in [-0.1, -0.05) is 48.9 Å². The fraction of sp³-hybridized carbons (Fsp3) is 0.278. The molecular weight excluding hydrogens is 281 g/mol. The maximum absolute atomic E-state index is 13.4. The molecule has 0 heterocycles. The van der Waals surface area contributed by atoms with E-state index in [-0.39, 0.29) is 11.7 Å². The third-order valence-electron chi connectivity index (χ3n) is 4.27. The predicted octanol–water partition coefficient (Wildman–Crippen LogP) is 3.50. The molecule has 0 atom stereocenters. The number of carbonyl (C=O) groups excluding carboxylic acids is 1. The molecule has 1 amide bonds. The Morgan fingerprint density at radius 2 is 1.91 bits per heavy atom. The lowest BCUT2D eigenvalue weighted by molar-refractivity contribution is -0.144. The van der Waals surface area contributed by atoms with Gasteiger partial charge in [0.05, 0.1) is 12.0 Å². The lowest BCUT2D eigenvalue weighted by Crippen LogP contribution is -2.49. The van der Waals surface area contributed by atoms with Gasteiger partial charge in [0, 0.05) is 0 Å². The van der Waals surface area contributed by atoms with Crippen LogP contribution in [0.2, 0.25) is 0 Å². The van der Waals surface area contributed by atoms with Gasteiger partial charge in [-0.3, -0.25) is 9.63 Å². The molecule has 1 aliphatic carbocycles. The minimum absolute atomic E-state index is 0.194. The Kier molecular flexibility index (Phi) is 4.20. The summed E-state index contributed by atoms with van der Waals surface area (Å²) in [4.78, 5) is 17.8. The van der Waals surface area contributed by atoms with Gasteiger partial charge in [0.25, 0.3) is 5.91 Å². The van der Waals surface area contributed by atoms with E-state index in [9.17, 15) is 9.18 Å². The van der Waals surface area contributed by atoms with Crippen molar-refractivity contribution in [2.45, 2.75) is 31.3 Å². The minimum atomic E-state index is -0.654. The third kappa shape index (κ3) is 2.88. The van der Waals surface area contributed by atoms with Gasteiger partial charge in [-0.25, -0.2) is 9.87 Å². The van der Waals surface area contributed by atoms with Crippen LogP contribution >= 0.6 is 0 Å². The first-order chi connectivity index (χ1) is 10.7. The molecule has 1 aliphatic rings. The van der Waals surface area contributed by atoms with E-state index < -0.39 is 5.41 Å². The SMILES string of the molecule is O=C(NOCc1ccccc1)C1(c2cccc(F)c2)CCC1. The van der Waals surface area contributed by atoms with Crippen molar-refractivity contribution < 1.29 is 14.0 Å². The van der Waals surface area contributed by atoms with Crippen LogP contribution in [0.15, 0.2) is 54.6 Å². The fourth-order valence-electron chi connectivity index (χ4n) is 2.82. The number of amides is 1. The molecule has 4 heteroatoms. The molecule has 3 rings (SSSR count). The summed E-state index contributed by atoms with van der Waals surface area (Å²) in [5, 5.41) is 0. The van der Waals surface area contributed by atoms with Gasteiger partial charge in [-0.2, -0.15) is 0 Å². The number of benzene rings is 2. The molecule has 2 aromatic carbocycles. The second-order valence-electron chi connectivity index (χ2n) is 5.65. The van der Waals surface area contributed by atoms with Crippen molar-refractivity contribution in [3.05, 3.63) is 71.5 Å². The zero-order valence-electron chi connectivity index (χ0n) is 12.2. The highest BCUT2D eigenvalue weighted by Gasteiger charge is 2.46. The van der Waals surface area contributed by atoms with Crippen LogP contribution in [-0.4, -0.2) is 5.91 Å². The molecule has 3 nitrogen and oxygen atoms in total. The summed E-state index contributed by atoms with van der Waals surface area (Å²) in [5.41, 5.74) is 3.58. The van der Waals surface area contributed by atoms with Crippen molar-refractivity contribution in [2.24, 2.45) is 0 Å². The van der Waals surface area contributed by atoms with Crippen LogP contribution in [0.1, 0.15) is 30.4 Å². The number of carbonyl (C=O) groups is 1. The monoisotopic (exact) mass is 299 g/mol. The van der Waals surface area contributed by atoms with E-state index >= 15 is 0 Å². The van der Waals surface area contributed by atoms with Gasteiger partial charge in [-0.05, 0) is 36.1 Å². The number of halogens is 1. The Hall–Kier alpha value is -2.20. The highest BCUT2D eigenvalue weighted by atomic mass is 19.1. The van der Waals surface area contributed by atoms with E-state index in [1.807, 2.05) is 30.3 Å². The zero-order chi connectivity index (χ0) is 15.4. The van der Waals surface area contributed by atoms with E-state index in [4.69, 9.17) is 4.84 Å². The molecule has 1 fully saturated rings. The molecule has 0 aliphatic heterocycles. The fourth-order valence-corrected chi connectivity index (χ4v) is 2.82. The van der Waals surface area contributed by atoms with Crippen LogP contribution in [0.3, 0.4) is 0 Å². The van der Waals surface area contributed by atoms with Crippen molar-refractivity contribution in [3.8, 4) is 0 Å². The van der Waals surface area contributed by atoms with Gasteiger partial charge in [-0.15, -0.1) is 0 Å². The number of hydroxylamine groups is 1. The third-order valence-corrected chi connectivity index (χ3v) is 4.27. The summed E-state index contributed by atoms with van der Waals surface area (Å²) in [6.07, 6.45) is 2.40. The summed E-state index contributed by atoms with van der Waals surface area (Å²) in [6, 6.07) is 15.9. The summed E-state index contributed by atoms with van der Waals surface area (Å²) in [7, 11) is 0. The van der Waals surface area contributed by atoms with Gasteiger partial charge >= 0.3 is 0 Å². The number of hydrogen-bond acceptors (Lipinski definition) is 2. The molecule has 0 radical (unpaired) electrons. The van der Waals surface area contributed by atoms with Crippen LogP contribution in [0, 0.1) is 5.82 Å². The summed E-state index contributed by atoms with van der Waals surface area (Å²) < 4.78 is 13.4. The first-order valence-corrected chi connectivity index (χ1v) is 7.43. The Bertz CT molecular complexity index is 653. The molecule has 1 saturated carbocycles. The molecule has 114 valence electrons. The molecule has 2 aromatic rings. The van der Waals surface area contributed by atoms with Gasteiger partial charge < -0.3 is 0 Å². The van der Waals surface area contributed by atoms with Gasteiger partial charge in [0.1, 0.15) is 5.82 Å². The molecular formula is C18H18FNO2. The quantitative estimate of drug-likeness (QED) is 0.858. The molecule has 1 N–H and O–H groups in total. The highest BCUT2D eigenvalue weighted by Crippen LogP contribution is 2.44. The first kappa shape index (κ1) is 14.7. The zero-order valence-corrected chi connectivity index (χ0v) is 12.2. The molecule has 0 unspecified atom stereocenters. The van der Waals surface area contributed by atoms with Crippen LogP contribution in [0.25, 0.3) is 0 Å². The van der Waals surface area contributed by atoms with E-state index in [1.165, 1.54) is 12.1 Å². The van der Waals surface area contributed by atoms with Crippen LogP contribution in [-0.2, 0) is 21.7 Å². The van der Waals surface area contributed by atoms with Gasteiger partial charge in [0.15, 0.2) is 0 Å². The summed E-state index contributed by atoms with van der Waals surface area (Å²) in [6.45, 7) is 0.311. The average molecular weight is 299 g/mol. The second kappa shape index (κ2) is 6.28. The van der Waals surface area contributed by atoms with Crippen molar-refractivity contribution in [1.82, 2.24) is 5.48 Å². The molecule has 0 saturated heterocycles. The largest absolute Gasteiger partial charge is 0.272 e. The van der Waals surface area contributed by atoms with Crippen molar-refractivity contribution in [2.75, 3.05) is 0 Å². The van der Waals surface area contributed by atoms with Crippen LogP contribution < -0.4 is 5.48 Å². The number of rotatable bonds is 5. The topological polar surface area (TPSA) is 38.3 Å². The maximum atomic E-state index is 13.4. The lowest BCUT2D eigenvalue weighted by Gasteiger charge is -2.40. The normalized spacial score (nSPS) is 15.9. The maximum Gasteiger partial charge on any atom is 0.254 e. The van der Waals surface area contributed by atoms with E-state index in [0.29, 0.717) is 6.61 Å². The summed E-state index contributed by atoms with van der Waals surface area (Å²) in [5.74, 6) is -0.512. The molecule has 0 aromatic heterocycles. The first-order valence-electron chi connectivity index (χ1n) is 7.43. The molecule has 0 spiro atoms. The number of hydrogen-bond donors (Lipinski definition) is 1. The number of nitrogens with one attached hydrogen (secondary N) is 1. The smallest absolute Gasteiger partial charge is 0.254 e. The summed E-state index contributed by atoms with van der Waals surface area (Å²) >= 11 is 0. The lowest BCUT2D eigenvalue weighted by atomic mass is 9.64. The van der Waals surface area contributed by atoms with Crippen molar-refractivity contribution >= 4 is 5.91 Å². The Labute approximate surface area is 129 Å². The van der Waals surface area contributed by atoms with Gasteiger partial charge in [0.2, 0.25) is 0 Å². The van der Waals surface area contributed by atoms with E-state index in [1.54, 1.807) is 12.1 Å². The van der Waals surface area contributed by atoms with Crippen LogP contribution in [0.4, 0.5) is 4.39 Å². The van der Waals surface area contributed by atoms with Crippen LogP contribution in [0.5, 0.6) is 0 Å². The van der Waals surface area contributed by atoms with Crippen molar-refractivity contribution in [3.63, 3.8) is 0 Å². The molecule has 0 bridgehead atoms. The highest BCUT2D eigenvalue weighted by molar-refractivity contribution is 5.88. The Morgan fingerprint density at radius 3 is 2.55 bits per heavy atom. The van der Waals surface area contributed by atoms with E-state index in [0.717, 1.165) is 30.4 Å². The average Bonchev–Trinajstić information content (AvgIpc) is 2.47.